The van der Waals surface area contributed by atoms with Gasteiger partial charge in [0.25, 0.3) is 17.4 Å². The number of aromatic amines is 1. The molecule has 11 heteroatoms. The Morgan fingerprint density at radius 2 is 2.00 bits per heavy atom. The van der Waals surface area contributed by atoms with Crippen molar-refractivity contribution in [2.24, 2.45) is 0 Å². The molecule has 0 saturated carbocycles. The van der Waals surface area contributed by atoms with Gasteiger partial charge >= 0.3 is 0 Å². The van der Waals surface area contributed by atoms with Gasteiger partial charge < -0.3 is 20.0 Å². The molecular weight excluding hydrogens is 478 g/mol. The summed E-state index contributed by atoms with van der Waals surface area (Å²) < 4.78 is 28.7. The SMILES string of the molecule is O=C(N[C@@H]1C=CS(=O)(=O)C1)c1cc2ccc(-c3ccco3)c(C(=O)Nc3ccsc3)c2[nH]c1=O. The summed E-state index contributed by atoms with van der Waals surface area (Å²) in [5.74, 6) is -0.989. The van der Waals surface area contributed by atoms with Crippen LogP contribution in [0, 0.1) is 0 Å². The minimum Gasteiger partial charge on any atom is -0.464 e. The van der Waals surface area contributed by atoms with Crippen LogP contribution in [0.25, 0.3) is 22.2 Å². The van der Waals surface area contributed by atoms with Crippen LogP contribution >= 0.6 is 11.3 Å². The third-order valence-corrected chi connectivity index (χ3v) is 7.38. The van der Waals surface area contributed by atoms with Gasteiger partial charge in [-0.2, -0.15) is 11.3 Å². The fourth-order valence-electron chi connectivity index (χ4n) is 3.76. The minimum absolute atomic E-state index is 0.188. The number of anilines is 1. The van der Waals surface area contributed by atoms with Crippen molar-refractivity contribution in [3.8, 4) is 11.3 Å². The van der Waals surface area contributed by atoms with Crippen LogP contribution in [0.5, 0.6) is 0 Å². The van der Waals surface area contributed by atoms with Gasteiger partial charge in [0.05, 0.1) is 34.8 Å². The second-order valence-corrected chi connectivity index (χ2v) is 10.4. The average Bonchev–Trinajstić information content (AvgIpc) is 3.55. The first-order valence-electron chi connectivity index (χ1n) is 10.1. The first-order chi connectivity index (χ1) is 16.3. The molecule has 0 spiro atoms. The molecule has 3 aromatic heterocycles. The van der Waals surface area contributed by atoms with Crippen molar-refractivity contribution < 1.29 is 22.4 Å². The first-order valence-corrected chi connectivity index (χ1v) is 12.8. The molecule has 34 heavy (non-hydrogen) atoms. The molecule has 2 amide bonds. The van der Waals surface area contributed by atoms with E-state index in [2.05, 4.69) is 15.6 Å². The molecule has 0 aliphatic carbocycles. The normalized spacial score (nSPS) is 16.5. The molecule has 4 aromatic rings. The van der Waals surface area contributed by atoms with Gasteiger partial charge in [-0.15, -0.1) is 0 Å². The molecule has 172 valence electrons. The number of amides is 2. The van der Waals surface area contributed by atoms with E-state index in [0.717, 1.165) is 5.41 Å². The average molecular weight is 496 g/mol. The number of hydrogen-bond acceptors (Lipinski definition) is 7. The van der Waals surface area contributed by atoms with E-state index in [4.69, 9.17) is 4.42 Å². The number of nitrogens with one attached hydrogen (secondary N) is 3. The van der Waals surface area contributed by atoms with Crippen molar-refractivity contribution in [2.75, 3.05) is 11.1 Å². The summed E-state index contributed by atoms with van der Waals surface area (Å²) in [5.41, 5.74) is 0.602. The Labute approximate surface area is 197 Å². The summed E-state index contributed by atoms with van der Waals surface area (Å²) in [4.78, 5) is 41.5. The Kier molecular flexibility index (Phi) is 5.42. The number of H-pyrrole nitrogens is 1. The summed E-state index contributed by atoms with van der Waals surface area (Å²) in [6.07, 6.45) is 2.85. The third kappa shape index (κ3) is 4.18. The molecule has 4 heterocycles. The van der Waals surface area contributed by atoms with E-state index in [1.165, 1.54) is 29.7 Å². The molecule has 1 aliphatic rings. The van der Waals surface area contributed by atoms with Crippen LogP contribution in [0.1, 0.15) is 20.7 Å². The lowest BCUT2D eigenvalue weighted by molar-refractivity contribution is 0.0945. The van der Waals surface area contributed by atoms with Crippen LogP contribution in [-0.4, -0.2) is 37.0 Å². The standard InChI is InChI=1S/C23H17N3O6S2/c27-21(25-15-6-9-34(30,31)12-15)17-10-13-3-4-16(18-2-1-7-32-18)19(20(13)26-22(17)28)23(29)24-14-5-8-33-11-14/h1-11,15H,12H2,(H,24,29)(H,25,27)(H,26,28)/t15-/m1/s1. The summed E-state index contributed by atoms with van der Waals surface area (Å²) in [6, 6.07) is 9.14. The minimum atomic E-state index is -3.36. The molecule has 1 atom stereocenters. The van der Waals surface area contributed by atoms with E-state index in [1.807, 2.05) is 5.38 Å². The number of furan rings is 1. The quantitative estimate of drug-likeness (QED) is 0.389. The van der Waals surface area contributed by atoms with Crippen LogP contribution in [0.4, 0.5) is 5.69 Å². The monoisotopic (exact) mass is 495 g/mol. The number of pyridine rings is 1. The Balaban J connectivity index is 1.57. The smallest absolute Gasteiger partial charge is 0.261 e. The van der Waals surface area contributed by atoms with Gasteiger partial charge in [0.1, 0.15) is 11.3 Å². The zero-order chi connectivity index (χ0) is 23.9. The van der Waals surface area contributed by atoms with Gasteiger partial charge in [0.2, 0.25) is 0 Å². The lowest BCUT2D eigenvalue weighted by Crippen LogP contribution is -2.38. The fraction of sp³-hybridized carbons (Fsp3) is 0.0870. The van der Waals surface area contributed by atoms with Crippen molar-refractivity contribution in [2.45, 2.75) is 6.04 Å². The Morgan fingerprint density at radius 3 is 2.68 bits per heavy atom. The Morgan fingerprint density at radius 1 is 1.15 bits per heavy atom. The Hall–Kier alpha value is -3.96. The van der Waals surface area contributed by atoms with Crippen molar-refractivity contribution >= 4 is 49.6 Å². The van der Waals surface area contributed by atoms with E-state index in [-0.39, 0.29) is 22.4 Å². The number of hydrogen-bond donors (Lipinski definition) is 3. The molecular formula is C23H17N3O6S2. The van der Waals surface area contributed by atoms with Gasteiger partial charge in [-0.3, -0.25) is 14.4 Å². The van der Waals surface area contributed by atoms with E-state index in [1.54, 1.807) is 35.7 Å². The molecule has 3 N–H and O–H groups in total. The van der Waals surface area contributed by atoms with Crippen molar-refractivity contribution in [1.29, 1.82) is 0 Å². The predicted molar refractivity (Wildman–Crippen MR) is 129 cm³/mol. The van der Waals surface area contributed by atoms with Crippen molar-refractivity contribution in [3.05, 3.63) is 86.4 Å². The van der Waals surface area contributed by atoms with Gasteiger partial charge in [-0.25, -0.2) is 8.42 Å². The number of carbonyl (C=O) groups excluding carboxylic acids is 2. The van der Waals surface area contributed by atoms with E-state index < -0.39 is 33.3 Å². The summed E-state index contributed by atoms with van der Waals surface area (Å²) in [7, 11) is -3.36. The highest BCUT2D eigenvalue weighted by Crippen LogP contribution is 2.30. The van der Waals surface area contributed by atoms with Crippen LogP contribution in [0.2, 0.25) is 0 Å². The zero-order valence-corrected chi connectivity index (χ0v) is 19.0. The molecule has 5 rings (SSSR count). The molecule has 1 aliphatic heterocycles. The van der Waals surface area contributed by atoms with Crippen LogP contribution < -0.4 is 16.2 Å². The molecule has 0 unspecified atom stereocenters. The third-order valence-electron chi connectivity index (χ3n) is 5.30. The zero-order valence-electron chi connectivity index (χ0n) is 17.4. The fourth-order valence-corrected chi connectivity index (χ4v) is 5.58. The van der Waals surface area contributed by atoms with Crippen LogP contribution in [0.3, 0.4) is 0 Å². The molecule has 0 bridgehead atoms. The number of aromatic nitrogens is 1. The van der Waals surface area contributed by atoms with Gasteiger partial charge in [0, 0.05) is 16.4 Å². The van der Waals surface area contributed by atoms with Gasteiger partial charge in [-0.1, -0.05) is 6.07 Å². The van der Waals surface area contributed by atoms with Crippen molar-refractivity contribution in [3.63, 3.8) is 0 Å². The predicted octanol–water partition coefficient (Wildman–Crippen LogP) is 3.14. The number of fused-ring (bicyclic) bond motifs is 1. The second kappa shape index (κ2) is 8.43. The maximum Gasteiger partial charge on any atom is 0.261 e. The highest BCUT2D eigenvalue weighted by atomic mass is 32.2. The maximum absolute atomic E-state index is 13.2. The number of rotatable bonds is 5. The lowest BCUT2D eigenvalue weighted by Gasteiger charge is -2.13. The number of benzene rings is 1. The summed E-state index contributed by atoms with van der Waals surface area (Å²) in [6.45, 7) is 0. The van der Waals surface area contributed by atoms with Gasteiger partial charge in [0.15, 0.2) is 9.84 Å². The highest BCUT2D eigenvalue weighted by Gasteiger charge is 2.26. The van der Waals surface area contributed by atoms with Crippen LogP contribution in [0.15, 0.2) is 74.1 Å². The number of sulfone groups is 1. The molecule has 0 fully saturated rings. The highest BCUT2D eigenvalue weighted by molar-refractivity contribution is 7.94. The number of thiophene rings is 1. The molecule has 1 aromatic carbocycles. The van der Waals surface area contributed by atoms with Crippen LogP contribution in [-0.2, 0) is 9.84 Å². The summed E-state index contributed by atoms with van der Waals surface area (Å²) >= 11 is 1.42. The van der Waals surface area contributed by atoms with E-state index in [9.17, 15) is 22.8 Å². The summed E-state index contributed by atoms with van der Waals surface area (Å²) in [5, 5.41) is 10.4. The molecule has 9 nitrogen and oxygen atoms in total. The van der Waals surface area contributed by atoms with E-state index >= 15 is 0 Å². The molecule has 0 saturated heterocycles. The Bertz CT molecular complexity index is 1600. The number of carbonyl (C=O) groups is 2. The second-order valence-electron chi connectivity index (χ2n) is 7.65. The van der Waals surface area contributed by atoms with E-state index in [0.29, 0.717) is 22.4 Å². The van der Waals surface area contributed by atoms with Gasteiger partial charge in [-0.05, 0) is 47.2 Å². The maximum atomic E-state index is 13.2. The first kappa shape index (κ1) is 21.9. The topological polar surface area (TPSA) is 138 Å². The lowest BCUT2D eigenvalue weighted by atomic mass is 9.99. The largest absolute Gasteiger partial charge is 0.464 e. The van der Waals surface area contributed by atoms with Crippen molar-refractivity contribution in [1.82, 2.24) is 10.3 Å². The molecule has 0 radical (unpaired) electrons.